The Bertz CT molecular complexity index is 1710. The fraction of sp³-hybridized carbons (Fsp3) is 0.297. The number of ether oxygens (including phenoxy) is 1. The van der Waals surface area contributed by atoms with Gasteiger partial charge in [-0.15, -0.1) is 0 Å². The van der Waals surface area contributed by atoms with Crippen LogP contribution in [0.15, 0.2) is 108 Å². The van der Waals surface area contributed by atoms with E-state index in [1.54, 1.807) is 43.5 Å². The number of aryl methyl sites for hydroxylation is 2. The molecule has 0 heterocycles. The number of hydrogen-bond acceptors (Lipinski definition) is 5. The van der Waals surface area contributed by atoms with Gasteiger partial charge < -0.3 is 15.0 Å². The van der Waals surface area contributed by atoms with Gasteiger partial charge in [0.05, 0.1) is 17.7 Å². The summed E-state index contributed by atoms with van der Waals surface area (Å²) in [4.78, 5) is 30.2. The second-order valence-corrected chi connectivity index (χ2v) is 13.4. The number of carbonyl (C=O) groups excluding carboxylic acids is 2. The lowest BCUT2D eigenvalue weighted by molar-refractivity contribution is -0.140. The monoisotopic (exact) mass is 641 g/mol. The Morgan fingerprint density at radius 2 is 1.43 bits per heavy atom. The molecule has 1 N–H and O–H groups in total. The molecule has 4 aromatic carbocycles. The Labute approximate surface area is 273 Å². The van der Waals surface area contributed by atoms with Crippen LogP contribution in [0.3, 0.4) is 0 Å². The summed E-state index contributed by atoms with van der Waals surface area (Å²) in [5.74, 6) is -0.211. The molecule has 0 aliphatic carbocycles. The largest absolute Gasteiger partial charge is 0.497 e. The van der Waals surface area contributed by atoms with E-state index in [1.807, 2.05) is 82.3 Å². The first-order chi connectivity index (χ1) is 22.0. The number of benzene rings is 4. The molecule has 0 bridgehead atoms. The SMILES string of the molecule is CCC(C)NC(=O)C(Cc1ccccc1)N(Cc1cccc(OC)c1)C(=O)CN(c1cc(C)cc(C)c1)S(=O)(=O)c1ccccc1. The third kappa shape index (κ3) is 8.75. The van der Waals surface area contributed by atoms with Crippen molar-refractivity contribution in [1.82, 2.24) is 10.2 Å². The molecule has 2 amide bonds. The second-order valence-electron chi connectivity index (χ2n) is 11.6. The Hall–Kier alpha value is -4.63. The molecular formula is C37H43N3O5S. The highest BCUT2D eigenvalue weighted by Crippen LogP contribution is 2.27. The van der Waals surface area contributed by atoms with Crippen LogP contribution in [0.2, 0.25) is 0 Å². The molecule has 8 nitrogen and oxygen atoms in total. The molecular weight excluding hydrogens is 598 g/mol. The van der Waals surface area contributed by atoms with E-state index in [-0.39, 0.29) is 29.8 Å². The number of methoxy groups -OCH3 is 1. The van der Waals surface area contributed by atoms with E-state index in [0.717, 1.165) is 26.6 Å². The van der Waals surface area contributed by atoms with Gasteiger partial charge >= 0.3 is 0 Å². The molecule has 4 rings (SSSR count). The van der Waals surface area contributed by atoms with Crippen LogP contribution in [0.4, 0.5) is 5.69 Å². The smallest absolute Gasteiger partial charge is 0.264 e. The van der Waals surface area contributed by atoms with E-state index in [9.17, 15) is 18.0 Å². The lowest BCUT2D eigenvalue weighted by Gasteiger charge is -2.34. The van der Waals surface area contributed by atoms with Crippen molar-refractivity contribution >= 4 is 27.5 Å². The van der Waals surface area contributed by atoms with Gasteiger partial charge in [0.1, 0.15) is 18.3 Å². The number of nitrogens with zero attached hydrogens (tertiary/aromatic N) is 2. The lowest BCUT2D eigenvalue weighted by Crippen LogP contribution is -2.54. The van der Waals surface area contributed by atoms with E-state index < -0.39 is 28.5 Å². The summed E-state index contributed by atoms with van der Waals surface area (Å²) in [5, 5.41) is 3.06. The van der Waals surface area contributed by atoms with Crippen molar-refractivity contribution in [3.8, 4) is 5.75 Å². The van der Waals surface area contributed by atoms with Gasteiger partial charge in [-0.1, -0.05) is 73.7 Å². The van der Waals surface area contributed by atoms with E-state index in [2.05, 4.69) is 5.32 Å². The van der Waals surface area contributed by atoms with E-state index in [4.69, 9.17) is 4.74 Å². The first-order valence-corrected chi connectivity index (χ1v) is 16.9. The molecule has 4 aromatic rings. The van der Waals surface area contributed by atoms with Crippen molar-refractivity contribution in [1.29, 1.82) is 0 Å². The van der Waals surface area contributed by atoms with Crippen LogP contribution in [-0.2, 0) is 32.6 Å². The highest BCUT2D eigenvalue weighted by molar-refractivity contribution is 7.92. The third-order valence-corrected chi connectivity index (χ3v) is 9.65. The molecule has 0 saturated carbocycles. The van der Waals surface area contributed by atoms with Crippen LogP contribution >= 0.6 is 0 Å². The zero-order valence-corrected chi connectivity index (χ0v) is 28.0. The molecule has 9 heteroatoms. The first-order valence-electron chi connectivity index (χ1n) is 15.4. The predicted molar refractivity (Wildman–Crippen MR) is 182 cm³/mol. The Morgan fingerprint density at radius 1 is 0.826 bits per heavy atom. The summed E-state index contributed by atoms with van der Waals surface area (Å²) in [5.41, 5.74) is 3.71. The first kappa shape index (κ1) is 34.2. The van der Waals surface area contributed by atoms with Gasteiger partial charge in [-0.3, -0.25) is 13.9 Å². The van der Waals surface area contributed by atoms with Crippen LogP contribution in [0.25, 0.3) is 0 Å². The number of sulfonamides is 1. The van der Waals surface area contributed by atoms with E-state index in [0.29, 0.717) is 17.9 Å². The van der Waals surface area contributed by atoms with Crippen molar-refractivity contribution < 1.29 is 22.7 Å². The molecule has 46 heavy (non-hydrogen) atoms. The fourth-order valence-electron chi connectivity index (χ4n) is 5.31. The minimum absolute atomic E-state index is 0.0630. The Morgan fingerprint density at radius 3 is 2.04 bits per heavy atom. The van der Waals surface area contributed by atoms with E-state index in [1.165, 1.54) is 17.0 Å². The molecule has 0 aromatic heterocycles. The minimum atomic E-state index is -4.16. The second kappa shape index (κ2) is 15.6. The molecule has 0 aliphatic rings. The van der Waals surface area contributed by atoms with Gasteiger partial charge in [0.2, 0.25) is 11.8 Å². The zero-order valence-electron chi connectivity index (χ0n) is 27.1. The predicted octanol–water partition coefficient (Wildman–Crippen LogP) is 6.06. The van der Waals surface area contributed by atoms with Crippen LogP contribution in [-0.4, -0.2) is 50.9 Å². The standard InChI is InChI=1S/C37H43N3O5S/c1-6-29(4)38-37(42)35(24-30-14-9-7-10-15-30)39(25-31-16-13-17-33(23-31)45-5)36(41)26-40(32-21-27(2)20-28(3)22-32)46(43,44)34-18-11-8-12-19-34/h7-23,29,35H,6,24-26H2,1-5H3,(H,38,42). The van der Waals surface area contributed by atoms with Gasteiger partial charge in [-0.25, -0.2) is 8.42 Å². The van der Waals surface area contributed by atoms with Gasteiger partial charge in [-0.05, 0) is 85.8 Å². The number of hydrogen-bond donors (Lipinski definition) is 1. The summed E-state index contributed by atoms with van der Waals surface area (Å²) in [6.45, 7) is 7.22. The molecule has 0 spiro atoms. The van der Waals surface area contributed by atoms with Gasteiger partial charge in [0, 0.05) is 19.0 Å². The summed E-state index contributed by atoms with van der Waals surface area (Å²) >= 11 is 0. The van der Waals surface area contributed by atoms with Crippen molar-refractivity contribution in [2.75, 3.05) is 18.0 Å². The molecule has 0 fully saturated rings. The van der Waals surface area contributed by atoms with Crippen LogP contribution in [0.1, 0.15) is 42.5 Å². The quantitative estimate of drug-likeness (QED) is 0.181. The van der Waals surface area contributed by atoms with Gasteiger partial charge in [-0.2, -0.15) is 0 Å². The topological polar surface area (TPSA) is 96.0 Å². The number of amides is 2. The minimum Gasteiger partial charge on any atom is -0.497 e. The van der Waals surface area contributed by atoms with Gasteiger partial charge in [0.25, 0.3) is 10.0 Å². The van der Waals surface area contributed by atoms with Crippen molar-refractivity contribution in [3.63, 3.8) is 0 Å². The summed E-state index contributed by atoms with van der Waals surface area (Å²) in [6.07, 6.45) is 0.956. The Balaban J connectivity index is 1.83. The van der Waals surface area contributed by atoms with Crippen molar-refractivity contribution in [2.45, 2.75) is 64.1 Å². The summed E-state index contributed by atoms with van der Waals surface area (Å²) in [6, 6.07) is 29.3. The zero-order chi connectivity index (χ0) is 33.3. The van der Waals surface area contributed by atoms with Crippen LogP contribution in [0, 0.1) is 13.8 Å². The summed E-state index contributed by atoms with van der Waals surface area (Å²) < 4.78 is 35.0. The maximum absolute atomic E-state index is 14.6. The number of anilines is 1. The highest BCUT2D eigenvalue weighted by Gasteiger charge is 2.35. The third-order valence-electron chi connectivity index (χ3n) is 7.86. The van der Waals surface area contributed by atoms with Crippen molar-refractivity contribution in [3.05, 3.63) is 125 Å². The lowest BCUT2D eigenvalue weighted by atomic mass is 10.0. The molecule has 242 valence electrons. The highest BCUT2D eigenvalue weighted by atomic mass is 32.2. The number of carbonyl (C=O) groups is 2. The normalized spacial score (nSPS) is 12.5. The fourth-order valence-corrected chi connectivity index (χ4v) is 6.72. The summed E-state index contributed by atoms with van der Waals surface area (Å²) in [7, 11) is -2.60. The molecule has 0 aliphatic heterocycles. The number of nitrogens with one attached hydrogen (secondary N) is 1. The maximum Gasteiger partial charge on any atom is 0.264 e. The van der Waals surface area contributed by atoms with Gasteiger partial charge in [0.15, 0.2) is 0 Å². The van der Waals surface area contributed by atoms with Crippen molar-refractivity contribution in [2.24, 2.45) is 0 Å². The maximum atomic E-state index is 14.6. The average Bonchev–Trinajstić information content (AvgIpc) is 3.05. The van der Waals surface area contributed by atoms with Crippen LogP contribution in [0.5, 0.6) is 5.75 Å². The average molecular weight is 642 g/mol. The Kier molecular flexibility index (Phi) is 11.6. The number of rotatable bonds is 14. The molecule has 2 unspecified atom stereocenters. The van der Waals surface area contributed by atoms with E-state index >= 15 is 0 Å². The van der Waals surface area contributed by atoms with Crippen LogP contribution < -0.4 is 14.4 Å². The molecule has 0 radical (unpaired) electrons. The molecule has 0 saturated heterocycles. The molecule has 2 atom stereocenters.